The van der Waals surface area contributed by atoms with Crippen molar-refractivity contribution < 1.29 is 31.1 Å². The Morgan fingerprint density at radius 2 is 1.96 bits per heavy atom. The minimum absolute atomic E-state index is 0.0354. The molecule has 0 bridgehead atoms. The molecule has 0 aromatic heterocycles. The summed E-state index contributed by atoms with van der Waals surface area (Å²) in [5.74, 6) is -5.34. The number of ether oxygens (including phenoxy) is 1. The molecule has 0 aliphatic heterocycles. The van der Waals surface area contributed by atoms with Crippen LogP contribution in [0.5, 0.6) is 5.75 Å². The molecule has 9 heteroatoms. The summed E-state index contributed by atoms with van der Waals surface area (Å²) >= 11 is 5.76. The number of hydrogen-bond donors (Lipinski definition) is 0. The van der Waals surface area contributed by atoms with Crippen molar-refractivity contribution in [2.45, 2.75) is 24.7 Å². The molecular weight excluding hydrogens is 381 g/mol. The predicted molar refractivity (Wildman–Crippen MR) is 84.6 cm³/mol. The quantitative estimate of drug-likeness (QED) is 0.784. The summed E-state index contributed by atoms with van der Waals surface area (Å²) in [4.78, 5) is 11.4. The van der Waals surface area contributed by atoms with Crippen LogP contribution in [-0.4, -0.2) is 26.1 Å². The molecule has 1 saturated carbocycles. The van der Waals surface area contributed by atoms with Gasteiger partial charge in [0.2, 0.25) is 9.84 Å². The van der Waals surface area contributed by atoms with Gasteiger partial charge in [-0.1, -0.05) is 11.6 Å². The summed E-state index contributed by atoms with van der Waals surface area (Å²) in [5.41, 5.74) is -0.171. The van der Waals surface area contributed by atoms with E-state index in [-0.39, 0.29) is 29.2 Å². The van der Waals surface area contributed by atoms with Gasteiger partial charge in [-0.3, -0.25) is 4.79 Å². The molecule has 4 nitrogen and oxygen atoms in total. The van der Waals surface area contributed by atoms with Crippen molar-refractivity contribution in [3.8, 4) is 5.75 Å². The average molecular weight is 393 g/mol. The molecule has 2 unspecified atom stereocenters. The number of carbonyl (C=O) groups is 1. The normalized spacial score (nSPS) is 23.3. The van der Waals surface area contributed by atoms with Crippen LogP contribution in [0.3, 0.4) is 0 Å². The number of Topliss-reactive ketones (excluding diaryl/α,β-unsaturated/α-hetero) is 1. The van der Waals surface area contributed by atoms with E-state index >= 15 is 0 Å². The third-order valence-corrected chi connectivity index (χ3v) is 5.76. The molecule has 1 fully saturated rings. The van der Waals surface area contributed by atoms with Gasteiger partial charge >= 0.3 is 5.76 Å². The van der Waals surface area contributed by atoms with Crippen LogP contribution in [0, 0.1) is 11.7 Å². The molecule has 2 aliphatic carbocycles. The van der Waals surface area contributed by atoms with Gasteiger partial charge in [-0.15, -0.1) is 0 Å². The van der Waals surface area contributed by atoms with E-state index in [2.05, 4.69) is 0 Å². The monoisotopic (exact) mass is 392 g/mol. The van der Waals surface area contributed by atoms with E-state index in [9.17, 15) is 26.4 Å². The molecule has 25 heavy (non-hydrogen) atoms. The smallest absolute Gasteiger partial charge is 0.341 e. The lowest BCUT2D eigenvalue weighted by Crippen LogP contribution is -2.30. The second kappa shape index (κ2) is 6.49. The number of sulfone groups is 1. The highest BCUT2D eigenvalue weighted by molar-refractivity contribution is 7.95. The molecule has 1 aromatic rings. The van der Waals surface area contributed by atoms with Gasteiger partial charge in [0, 0.05) is 29.0 Å². The van der Waals surface area contributed by atoms with E-state index in [4.69, 9.17) is 16.3 Å². The van der Waals surface area contributed by atoms with Crippen LogP contribution in [0.1, 0.15) is 12.8 Å². The molecule has 134 valence electrons. The fraction of sp³-hybridized carbons (Fsp3) is 0.312. The highest BCUT2D eigenvalue weighted by Crippen LogP contribution is 2.41. The average Bonchev–Trinajstić information content (AvgIpc) is 2.89. The number of carbonyl (C=O) groups excluding carboxylic acids is 1. The van der Waals surface area contributed by atoms with E-state index < -0.39 is 44.1 Å². The number of fused-ring (bicyclic) bond motifs is 1. The van der Waals surface area contributed by atoms with Crippen molar-refractivity contribution in [1.29, 1.82) is 0 Å². The fourth-order valence-electron chi connectivity index (χ4n) is 3.05. The highest BCUT2D eigenvalue weighted by atomic mass is 35.5. The molecule has 0 N–H and O–H groups in total. The first kappa shape index (κ1) is 18.0. The van der Waals surface area contributed by atoms with Crippen molar-refractivity contribution in [2.24, 2.45) is 5.92 Å². The maximum atomic E-state index is 13.4. The van der Waals surface area contributed by atoms with Gasteiger partial charge in [-0.2, -0.15) is 8.78 Å². The number of ketones is 1. The molecule has 0 amide bonds. The van der Waals surface area contributed by atoms with Gasteiger partial charge in [0.1, 0.15) is 17.7 Å². The maximum absolute atomic E-state index is 13.4. The lowest BCUT2D eigenvalue weighted by molar-refractivity contribution is -0.114. The first-order chi connectivity index (χ1) is 11.7. The van der Waals surface area contributed by atoms with Gasteiger partial charge in [0.05, 0.1) is 4.91 Å². The van der Waals surface area contributed by atoms with Crippen molar-refractivity contribution in [2.75, 3.05) is 0 Å². The van der Waals surface area contributed by atoms with Crippen molar-refractivity contribution in [3.05, 3.63) is 51.7 Å². The van der Waals surface area contributed by atoms with E-state index in [1.807, 2.05) is 0 Å². The van der Waals surface area contributed by atoms with E-state index in [0.717, 1.165) is 18.2 Å². The third-order valence-electron chi connectivity index (χ3n) is 4.10. The van der Waals surface area contributed by atoms with E-state index in [1.54, 1.807) is 0 Å². The molecule has 0 saturated heterocycles. The Kier molecular flexibility index (Phi) is 4.68. The SMILES string of the molecule is O=C1CCC2C1=C(S(=O)(=O)C(F)F)C=CC2Oc1cc(F)cc(Cl)c1. The Balaban J connectivity index is 1.97. The summed E-state index contributed by atoms with van der Waals surface area (Å²) in [5, 5.41) is 0.106. The van der Waals surface area contributed by atoms with Crippen LogP contribution in [-0.2, 0) is 14.6 Å². The van der Waals surface area contributed by atoms with Gasteiger partial charge in [0.25, 0.3) is 0 Å². The molecular formula is C16H12ClF3O4S. The predicted octanol–water partition coefficient (Wildman–Crippen LogP) is 3.67. The Labute approximate surface area is 146 Å². The molecule has 0 radical (unpaired) electrons. The molecule has 1 aromatic carbocycles. The fourth-order valence-corrected chi connectivity index (χ4v) is 4.29. The van der Waals surface area contributed by atoms with Gasteiger partial charge in [-0.05, 0) is 30.7 Å². The second-order valence-electron chi connectivity index (χ2n) is 5.70. The summed E-state index contributed by atoms with van der Waals surface area (Å²) in [7, 11) is -4.89. The minimum atomic E-state index is -4.89. The van der Waals surface area contributed by atoms with Gasteiger partial charge in [-0.25, -0.2) is 12.8 Å². The zero-order chi connectivity index (χ0) is 18.4. The topological polar surface area (TPSA) is 60.4 Å². The maximum Gasteiger partial charge on any atom is 0.341 e. The first-order valence-corrected chi connectivity index (χ1v) is 9.23. The molecule has 2 aliphatic rings. The minimum Gasteiger partial charge on any atom is -0.486 e. The largest absolute Gasteiger partial charge is 0.486 e. The van der Waals surface area contributed by atoms with Crippen LogP contribution in [0.15, 0.2) is 40.8 Å². The van der Waals surface area contributed by atoms with Crippen LogP contribution < -0.4 is 4.74 Å². The Hall–Kier alpha value is -1.80. The Morgan fingerprint density at radius 3 is 2.60 bits per heavy atom. The molecule has 0 spiro atoms. The van der Waals surface area contributed by atoms with Crippen molar-refractivity contribution in [3.63, 3.8) is 0 Å². The first-order valence-electron chi connectivity index (χ1n) is 7.30. The van der Waals surface area contributed by atoms with Crippen LogP contribution in [0.25, 0.3) is 0 Å². The van der Waals surface area contributed by atoms with E-state index in [1.165, 1.54) is 12.1 Å². The van der Waals surface area contributed by atoms with Crippen molar-refractivity contribution >= 4 is 27.2 Å². The van der Waals surface area contributed by atoms with E-state index in [0.29, 0.717) is 0 Å². The zero-order valence-corrected chi connectivity index (χ0v) is 14.2. The number of hydrogen-bond acceptors (Lipinski definition) is 4. The number of rotatable bonds is 4. The zero-order valence-electron chi connectivity index (χ0n) is 12.6. The van der Waals surface area contributed by atoms with Gasteiger partial charge in [0.15, 0.2) is 5.78 Å². The molecule has 0 heterocycles. The Bertz CT molecular complexity index is 872. The summed E-state index contributed by atoms with van der Waals surface area (Å²) in [6, 6.07) is 3.54. The highest BCUT2D eigenvalue weighted by Gasteiger charge is 2.43. The Morgan fingerprint density at radius 1 is 1.24 bits per heavy atom. The number of allylic oxidation sites excluding steroid dienone is 1. The molecule has 3 rings (SSSR count). The van der Waals surface area contributed by atoms with Crippen molar-refractivity contribution in [1.82, 2.24) is 0 Å². The summed E-state index contributed by atoms with van der Waals surface area (Å²) < 4.78 is 68.4. The summed E-state index contributed by atoms with van der Waals surface area (Å²) in [6.45, 7) is 0. The number of halogens is 4. The van der Waals surface area contributed by atoms with Crippen LogP contribution in [0.2, 0.25) is 5.02 Å². The lowest BCUT2D eigenvalue weighted by atomic mass is 9.91. The summed E-state index contributed by atoms with van der Waals surface area (Å²) in [6.07, 6.45) is 1.77. The van der Waals surface area contributed by atoms with Gasteiger partial charge < -0.3 is 4.74 Å². The van der Waals surface area contributed by atoms with Crippen LogP contribution >= 0.6 is 11.6 Å². The number of benzene rings is 1. The third kappa shape index (κ3) is 3.32. The molecule has 2 atom stereocenters. The van der Waals surface area contributed by atoms with Crippen LogP contribution in [0.4, 0.5) is 13.2 Å². The lowest BCUT2D eigenvalue weighted by Gasteiger charge is -2.27. The second-order valence-corrected chi connectivity index (χ2v) is 8.02. The number of alkyl halides is 2. The standard InChI is InChI=1S/C16H12ClF3O4S/c17-8-5-9(18)7-10(6-8)24-13-3-4-14(25(22,23)16(19)20)15-11(13)1-2-12(15)21/h3-7,11,13,16H,1-2H2.